The highest BCUT2D eigenvalue weighted by Crippen LogP contribution is 2.18. The molecule has 1 aliphatic rings. The van der Waals surface area contributed by atoms with E-state index in [1.54, 1.807) is 31.3 Å². The molecular formula is C15H21N3O2. The lowest BCUT2D eigenvalue weighted by atomic mass is 10.1. The van der Waals surface area contributed by atoms with E-state index in [-0.39, 0.29) is 18.4 Å². The van der Waals surface area contributed by atoms with E-state index in [9.17, 15) is 9.59 Å². The molecule has 0 aromatic heterocycles. The van der Waals surface area contributed by atoms with Gasteiger partial charge in [-0.3, -0.25) is 9.59 Å². The molecule has 0 saturated heterocycles. The third kappa shape index (κ3) is 4.06. The predicted octanol–water partition coefficient (Wildman–Crippen LogP) is 1.52. The number of amides is 2. The molecule has 0 atom stereocenters. The molecule has 1 saturated carbocycles. The standard InChI is InChI=1S/C15H21N3O2/c1-16-10-14(19)17-13-8-6-11(7-9-13)15(20)18-12-4-2-3-5-12/h6-9,12,16H,2-5,10H2,1H3,(H,17,19)(H,18,20). The van der Waals surface area contributed by atoms with Crippen LogP contribution in [0, 0.1) is 0 Å². The van der Waals surface area contributed by atoms with Gasteiger partial charge in [0, 0.05) is 17.3 Å². The fourth-order valence-corrected chi connectivity index (χ4v) is 2.41. The van der Waals surface area contributed by atoms with Crippen LogP contribution in [0.15, 0.2) is 24.3 Å². The molecule has 0 bridgehead atoms. The number of carbonyl (C=O) groups excluding carboxylic acids is 2. The molecule has 0 radical (unpaired) electrons. The largest absolute Gasteiger partial charge is 0.349 e. The lowest BCUT2D eigenvalue weighted by Gasteiger charge is -2.12. The number of benzene rings is 1. The molecule has 5 heteroatoms. The fourth-order valence-electron chi connectivity index (χ4n) is 2.41. The second kappa shape index (κ2) is 7.05. The smallest absolute Gasteiger partial charge is 0.251 e. The summed E-state index contributed by atoms with van der Waals surface area (Å²) in [4.78, 5) is 23.4. The van der Waals surface area contributed by atoms with E-state index in [0.29, 0.717) is 17.3 Å². The first kappa shape index (κ1) is 14.5. The molecule has 0 spiro atoms. The van der Waals surface area contributed by atoms with Crippen molar-refractivity contribution in [2.75, 3.05) is 18.9 Å². The zero-order chi connectivity index (χ0) is 14.4. The molecule has 2 amide bonds. The van der Waals surface area contributed by atoms with Gasteiger partial charge < -0.3 is 16.0 Å². The Bertz CT molecular complexity index is 465. The van der Waals surface area contributed by atoms with Gasteiger partial charge in [0.1, 0.15) is 0 Å². The highest BCUT2D eigenvalue weighted by atomic mass is 16.2. The van der Waals surface area contributed by atoms with Crippen molar-refractivity contribution < 1.29 is 9.59 Å². The van der Waals surface area contributed by atoms with Crippen molar-refractivity contribution in [2.45, 2.75) is 31.7 Å². The Morgan fingerprint density at radius 3 is 2.40 bits per heavy atom. The van der Waals surface area contributed by atoms with E-state index >= 15 is 0 Å². The molecule has 0 unspecified atom stereocenters. The predicted molar refractivity (Wildman–Crippen MR) is 78.7 cm³/mol. The van der Waals surface area contributed by atoms with Gasteiger partial charge in [-0.15, -0.1) is 0 Å². The van der Waals surface area contributed by atoms with Crippen LogP contribution in [0.5, 0.6) is 0 Å². The molecule has 108 valence electrons. The van der Waals surface area contributed by atoms with Crippen molar-refractivity contribution in [3.05, 3.63) is 29.8 Å². The van der Waals surface area contributed by atoms with Gasteiger partial charge in [0.2, 0.25) is 5.91 Å². The van der Waals surface area contributed by atoms with Gasteiger partial charge in [0.15, 0.2) is 0 Å². The third-order valence-corrected chi connectivity index (χ3v) is 3.46. The third-order valence-electron chi connectivity index (χ3n) is 3.46. The normalized spacial score (nSPS) is 15.1. The van der Waals surface area contributed by atoms with Crippen LogP contribution in [0.25, 0.3) is 0 Å². The van der Waals surface area contributed by atoms with Gasteiger partial charge in [-0.2, -0.15) is 0 Å². The average Bonchev–Trinajstić information content (AvgIpc) is 2.92. The SMILES string of the molecule is CNCC(=O)Nc1ccc(C(=O)NC2CCCC2)cc1. The molecule has 3 N–H and O–H groups in total. The Balaban J connectivity index is 1.89. The maximum atomic E-state index is 12.0. The molecule has 5 nitrogen and oxygen atoms in total. The summed E-state index contributed by atoms with van der Waals surface area (Å²) in [6.45, 7) is 0.268. The minimum Gasteiger partial charge on any atom is -0.349 e. The van der Waals surface area contributed by atoms with Crippen molar-refractivity contribution in [2.24, 2.45) is 0 Å². The van der Waals surface area contributed by atoms with Crippen LogP contribution in [-0.4, -0.2) is 31.4 Å². The molecule has 1 fully saturated rings. The highest BCUT2D eigenvalue weighted by Gasteiger charge is 2.17. The minimum atomic E-state index is -0.101. The van der Waals surface area contributed by atoms with Crippen LogP contribution in [0.2, 0.25) is 0 Å². The summed E-state index contributed by atoms with van der Waals surface area (Å²) in [5.74, 6) is -0.138. The van der Waals surface area contributed by atoms with Gasteiger partial charge in [-0.25, -0.2) is 0 Å². The minimum absolute atomic E-state index is 0.0370. The second-order valence-electron chi connectivity index (χ2n) is 5.11. The monoisotopic (exact) mass is 275 g/mol. The van der Waals surface area contributed by atoms with E-state index < -0.39 is 0 Å². The summed E-state index contributed by atoms with van der Waals surface area (Å²) >= 11 is 0. The topological polar surface area (TPSA) is 70.2 Å². The Morgan fingerprint density at radius 1 is 1.15 bits per heavy atom. The maximum Gasteiger partial charge on any atom is 0.251 e. The van der Waals surface area contributed by atoms with E-state index in [4.69, 9.17) is 0 Å². The molecule has 1 aromatic carbocycles. The average molecular weight is 275 g/mol. The number of rotatable bonds is 5. The van der Waals surface area contributed by atoms with Crippen molar-refractivity contribution in [1.29, 1.82) is 0 Å². The fraction of sp³-hybridized carbons (Fsp3) is 0.467. The first-order valence-electron chi connectivity index (χ1n) is 7.04. The van der Waals surface area contributed by atoms with Crippen LogP contribution in [-0.2, 0) is 4.79 Å². The Morgan fingerprint density at radius 2 is 1.80 bits per heavy atom. The molecular weight excluding hydrogens is 254 g/mol. The summed E-state index contributed by atoms with van der Waals surface area (Å²) in [6, 6.07) is 7.28. The number of likely N-dealkylation sites (N-methyl/N-ethyl adjacent to an activating group) is 1. The molecule has 2 rings (SSSR count). The van der Waals surface area contributed by atoms with Gasteiger partial charge in [0.25, 0.3) is 5.91 Å². The van der Waals surface area contributed by atoms with Gasteiger partial charge >= 0.3 is 0 Å². The Labute approximate surface area is 119 Å². The Kier molecular flexibility index (Phi) is 5.12. The van der Waals surface area contributed by atoms with Gasteiger partial charge in [-0.1, -0.05) is 12.8 Å². The zero-order valence-corrected chi connectivity index (χ0v) is 11.7. The molecule has 0 aliphatic heterocycles. The molecule has 1 aliphatic carbocycles. The number of anilines is 1. The summed E-state index contributed by atoms with van der Waals surface area (Å²) < 4.78 is 0. The number of nitrogens with one attached hydrogen (secondary N) is 3. The summed E-state index contributed by atoms with van der Waals surface area (Å²) in [7, 11) is 1.72. The van der Waals surface area contributed by atoms with Crippen molar-refractivity contribution in [3.8, 4) is 0 Å². The van der Waals surface area contributed by atoms with E-state index in [2.05, 4.69) is 16.0 Å². The van der Waals surface area contributed by atoms with E-state index in [1.807, 2.05) is 0 Å². The summed E-state index contributed by atoms with van der Waals surface area (Å²) in [5, 5.41) is 8.57. The van der Waals surface area contributed by atoms with Crippen molar-refractivity contribution >= 4 is 17.5 Å². The quantitative estimate of drug-likeness (QED) is 0.763. The van der Waals surface area contributed by atoms with Crippen molar-refractivity contribution in [3.63, 3.8) is 0 Å². The Hall–Kier alpha value is -1.88. The van der Waals surface area contributed by atoms with Gasteiger partial charge in [0.05, 0.1) is 6.54 Å². The summed E-state index contributed by atoms with van der Waals surface area (Å²) in [6.07, 6.45) is 4.54. The van der Waals surface area contributed by atoms with Crippen LogP contribution in [0.4, 0.5) is 5.69 Å². The lowest BCUT2D eigenvalue weighted by molar-refractivity contribution is -0.115. The highest BCUT2D eigenvalue weighted by molar-refractivity contribution is 5.96. The van der Waals surface area contributed by atoms with Crippen molar-refractivity contribution in [1.82, 2.24) is 10.6 Å². The second-order valence-corrected chi connectivity index (χ2v) is 5.11. The van der Waals surface area contributed by atoms with E-state index in [1.165, 1.54) is 12.8 Å². The number of hydrogen-bond acceptors (Lipinski definition) is 3. The molecule has 0 heterocycles. The summed E-state index contributed by atoms with van der Waals surface area (Å²) in [5.41, 5.74) is 1.33. The maximum absolute atomic E-state index is 12.0. The first-order chi connectivity index (χ1) is 9.69. The van der Waals surface area contributed by atoms with Crippen LogP contribution < -0.4 is 16.0 Å². The van der Waals surface area contributed by atoms with E-state index in [0.717, 1.165) is 12.8 Å². The lowest BCUT2D eigenvalue weighted by Crippen LogP contribution is -2.32. The van der Waals surface area contributed by atoms with Crippen LogP contribution in [0.3, 0.4) is 0 Å². The molecule has 1 aromatic rings. The first-order valence-corrected chi connectivity index (χ1v) is 7.04. The van der Waals surface area contributed by atoms with Crippen LogP contribution >= 0.6 is 0 Å². The van der Waals surface area contributed by atoms with Gasteiger partial charge in [-0.05, 0) is 44.2 Å². The number of carbonyl (C=O) groups is 2. The van der Waals surface area contributed by atoms with Crippen LogP contribution in [0.1, 0.15) is 36.0 Å². The molecule has 20 heavy (non-hydrogen) atoms. The number of hydrogen-bond donors (Lipinski definition) is 3. The zero-order valence-electron chi connectivity index (χ0n) is 11.7.